The zero-order chi connectivity index (χ0) is 25.8. The number of allylic oxidation sites excluding steroid dienone is 2. The molecule has 0 unspecified atom stereocenters. The maximum Gasteiger partial charge on any atom is 0.164 e. The number of Topliss-reactive ketones (excluding diaryl/α,β-unsaturated/α-hetero) is 2. The molecule has 4 aliphatic carbocycles. The summed E-state index contributed by atoms with van der Waals surface area (Å²) in [5.41, 5.74) is 0.114. The average Bonchev–Trinajstić information content (AvgIpc) is 3.33. The van der Waals surface area contributed by atoms with Crippen molar-refractivity contribution in [3.63, 3.8) is 0 Å². The first-order valence-electron chi connectivity index (χ1n) is 13.9. The van der Waals surface area contributed by atoms with Crippen molar-refractivity contribution in [1.82, 2.24) is 0 Å². The number of ether oxygens (including phenoxy) is 1. The number of carbonyl (C=O) groups is 2. The maximum absolute atomic E-state index is 12.9. The van der Waals surface area contributed by atoms with Crippen molar-refractivity contribution in [2.24, 2.45) is 45.3 Å². The lowest BCUT2D eigenvalue weighted by Gasteiger charge is -2.64. The fraction of sp³-hybridized carbons (Fsp3) is 0.867. The van der Waals surface area contributed by atoms with E-state index in [0.717, 1.165) is 32.1 Å². The van der Waals surface area contributed by atoms with Crippen molar-refractivity contribution >= 4 is 11.6 Å². The zero-order valence-electron chi connectivity index (χ0n) is 22.8. The molecule has 35 heavy (non-hydrogen) atoms. The second-order valence-corrected chi connectivity index (χ2v) is 14.3. The molecule has 5 nitrogen and oxygen atoms in total. The van der Waals surface area contributed by atoms with Gasteiger partial charge in [0.1, 0.15) is 11.9 Å². The largest absolute Gasteiger partial charge is 0.395 e. The highest BCUT2D eigenvalue weighted by atomic mass is 16.6. The van der Waals surface area contributed by atoms with Gasteiger partial charge in [-0.3, -0.25) is 9.59 Å². The van der Waals surface area contributed by atoms with E-state index in [1.54, 1.807) is 0 Å². The summed E-state index contributed by atoms with van der Waals surface area (Å²) < 4.78 is 5.63. The summed E-state index contributed by atoms with van der Waals surface area (Å²) in [6.45, 7) is 15.1. The van der Waals surface area contributed by atoms with Gasteiger partial charge in [-0.25, -0.2) is 0 Å². The van der Waals surface area contributed by atoms with Gasteiger partial charge in [-0.15, -0.1) is 0 Å². The Morgan fingerprint density at radius 2 is 1.80 bits per heavy atom. The second kappa shape index (κ2) is 7.74. The van der Waals surface area contributed by atoms with Gasteiger partial charge in [-0.1, -0.05) is 46.3 Å². The first kappa shape index (κ1) is 25.6. The molecule has 5 aliphatic rings. The van der Waals surface area contributed by atoms with Gasteiger partial charge in [0.05, 0.1) is 23.7 Å². The highest BCUT2D eigenvalue weighted by Crippen LogP contribution is 2.73. The van der Waals surface area contributed by atoms with Crippen LogP contribution in [0.3, 0.4) is 0 Å². The van der Waals surface area contributed by atoms with Crippen LogP contribution >= 0.6 is 0 Å². The summed E-state index contributed by atoms with van der Waals surface area (Å²) >= 11 is 0. The number of carbonyl (C=O) groups excluding carboxylic acids is 2. The van der Waals surface area contributed by atoms with E-state index in [4.69, 9.17) is 4.74 Å². The van der Waals surface area contributed by atoms with E-state index in [9.17, 15) is 19.8 Å². The van der Waals surface area contributed by atoms with Crippen LogP contribution in [-0.2, 0) is 14.3 Å². The van der Waals surface area contributed by atoms with Crippen molar-refractivity contribution < 1.29 is 24.5 Å². The molecular weight excluding hydrogens is 440 g/mol. The van der Waals surface area contributed by atoms with E-state index in [2.05, 4.69) is 33.8 Å². The van der Waals surface area contributed by atoms with Crippen molar-refractivity contribution in [1.29, 1.82) is 0 Å². The molecule has 0 aromatic rings. The maximum atomic E-state index is 12.9. The average molecular weight is 487 g/mol. The molecule has 5 rings (SSSR count). The van der Waals surface area contributed by atoms with E-state index in [1.807, 2.05) is 20.8 Å². The van der Waals surface area contributed by atoms with Crippen LogP contribution in [0.15, 0.2) is 11.6 Å². The quantitative estimate of drug-likeness (QED) is 0.427. The summed E-state index contributed by atoms with van der Waals surface area (Å²) in [7, 11) is 0. The Hall–Kier alpha value is -1.04. The second-order valence-electron chi connectivity index (χ2n) is 14.3. The Labute approximate surface area is 211 Å². The number of ketones is 2. The number of aliphatic hydroxyl groups is 2. The lowest BCUT2D eigenvalue weighted by atomic mass is 9.40. The number of fused-ring (bicyclic) bond motifs is 5. The molecule has 196 valence electrons. The van der Waals surface area contributed by atoms with Crippen molar-refractivity contribution in [3.8, 4) is 0 Å². The smallest absolute Gasteiger partial charge is 0.164 e. The van der Waals surface area contributed by atoms with Gasteiger partial charge in [0.25, 0.3) is 0 Å². The van der Waals surface area contributed by atoms with Crippen molar-refractivity contribution in [3.05, 3.63) is 11.6 Å². The van der Waals surface area contributed by atoms with Gasteiger partial charge in [0, 0.05) is 18.3 Å². The van der Waals surface area contributed by atoms with Crippen LogP contribution in [-0.4, -0.2) is 46.2 Å². The predicted octanol–water partition coefficient (Wildman–Crippen LogP) is 4.88. The fourth-order valence-electron chi connectivity index (χ4n) is 9.77. The van der Waals surface area contributed by atoms with Crippen LogP contribution in [0.5, 0.6) is 0 Å². The monoisotopic (exact) mass is 486 g/mol. The zero-order valence-corrected chi connectivity index (χ0v) is 22.8. The normalized spacial score (nSPS) is 51.1. The molecular formula is C30H46O5. The number of aliphatic hydroxyl groups excluding tert-OH is 2. The van der Waals surface area contributed by atoms with Gasteiger partial charge in [0.15, 0.2) is 5.78 Å². The molecule has 4 fully saturated rings. The van der Waals surface area contributed by atoms with E-state index in [0.29, 0.717) is 18.3 Å². The summed E-state index contributed by atoms with van der Waals surface area (Å²) in [5.74, 6) is 1.22. The van der Waals surface area contributed by atoms with Crippen LogP contribution in [0.25, 0.3) is 0 Å². The third kappa shape index (κ3) is 3.23. The summed E-state index contributed by atoms with van der Waals surface area (Å²) in [5, 5.41) is 21.6. The van der Waals surface area contributed by atoms with Crippen LogP contribution in [0.2, 0.25) is 0 Å². The van der Waals surface area contributed by atoms with Crippen molar-refractivity contribution in [2.45, 2.75) is 111 Å². The van der Waals surface area contributed by atoms with E-state index < -0.39 is 16.9 Å². The van der Waals surface area contributed by atoms with Crippen LogP contribution in [0, 0.1) is 45.3 Å². The molecule has 1 heterocycles. The fourth-order valence-corrected chi connectivity index (χ4v) is 9.77. The van der Waals surface area contributed by atoms with E-state index in [-0.39, 0.29) is 59.0 Å². The Morgan fingerprint density at radius 3 is 2.40 bits per heavy atom. The molecule has 3 saturated carbocycles. The van der Waals surface area contributed by atoms with Gasteiger partial charge in [0.2, 0.25) is 0 Å². The summed E-state index contributed by atoms with van der Waals surface area (Å²) in [6, 6.07) is 0. The van der Waals surface area contributed by atoms with Crippen molar-refractivity contribution in [2.75, 3.05) is 6.61 Å². The van der Waals surface area contributed by atoms with Gasteiger partial charge in [-0.2, -0.15) is 0 Å². The molecule has 0 aromatic carbocycles. The lowest BCUT2D eigenvalue weighted by Crippen LogP contribution is -2.63. The van der Waals surface area contributed by atoms with Crippen LogP contribution < -0.4 is 0 Å². The molecule has 2 N–H and O–H groups in total. The third-order valence-electron chi connectivity index (χ3n) is 12.4. The highest BCUT2D eigenvalue weighted by molar-refractivity contribution is 5.87. The minimum absolute atomic E-state index is 0.000858. The molecule has 0 aromatic heterocycles. The first-order chi connectivity index (χ1) is 16.2. The van der Waals surface area contributed by atoms with E-state index in [1.165, 1.54) is 5.57 Å². The first-order valence-corrected chi connectivity index (χ1v) is 13.9. The Balaban J connectivity index is 1.44. The molecule has 1 saturated heterocycles. The molecule has 0 spiro atoms. The van der Waals surface area contributed by atoms with Gasteiger partial charge < -0.3 is 14.9 Å². The number of hydrogen-bond donors (Lipinski definition) is 2. The SMILES string of the molecule is C[C@@H](CC(=O)[C@@H]1OC1(C)C)[C@@H]1CC[C@]2(C)C3=CC[C@@H]4[C@](C)([C@H](O)CC(=O)[C@]4(C)CO)[C@H]3CC[C@@]12C. The topological polar surface area (TPSA) is 87.1 Å². The lowest BCUT2D eigenvalue weighted by molar-refractivity contribution is -0.176. The van der Waals surface area contributed by atoms with Crippen LogP contribution in [0.4, 0.5) is 0 Å². The molecule has 0 radical (unpaired) electrons. The minimum Gasteiger partial charge on any atom is -0.395 e. The minimum atomic E-state index is -0.788. The molecule has 10 atom stereocenters. The third-order valence-corrected chi connectivity index (χ3v) is 12.4. The summed E-state index contributed by atoms with van der Waals surface area (Å²) in [6.07, 6.45) is 7.24. The highest BCUT2D eigenvalue weighted by Gasteiger charge is 2.68. The van der Waals surface area contributed by atoms with Crippen LogP contribution in [0.1, 0.15) is 93.4 Å². The Bertz CT molecular complexity index is 968. The molecule has 0 bridgehead atoms. The Kier molecular flexibility index (Phi) is 5.66. The van der Waals surface area contributed by atoms with Gasteiger partial charge in [-0.05, 0) is 80.5 Å². The molecule has 1 aliphatic heterocycles. The number of rotatable bonds is 5. The Morgan fingerprint density at radius 1 is 1.14 bits per heavy atom. The number of epoxide rings is 1. The predicted molar refractivity (Wildman–Crippen MR) is 135 cm³/mol. The van der Waals surface area contributed by atoms with Gasteiger partial charge >= 0.3 is 0 Å². The number of hydrogen-bond acceptors (Lipinski definition) is 5. The van der Waals surface area contributed by atoms with E-state index >= 15 is 0 Å². The molecule has 0 amide bonds. The summed E-state index contributed by atoms with van der Waals surface area (Å²) in [4.78, 5) is 25.8. The molecule has 5 heteroatoms. The standard InChI is InChI=1S/C30H46O5/c1-17(14-21(32)25-26(2,3)35-25)18-10-12-29(6)19-8-9-22-27(4,16-31)23(33)15-24(34)30(22,7)20(19)11-13-28(18,29)5/h8,17-18,20,22,24-25,31,34H,9-16H2,1-7H3/t17-,18-,20-,22-,24+,25-,27+,28-,29+,30+/m0/s1.